The highest BCUT2D eigenvalue weighted by atomic mass is 16.5. The van der Waals surface area contributed by atoms with Crippen molar-refractivity contribution in [1.82, 2.24) is 9.80 Å². The first-order valence-corrected chi connectivity index (χ1v) is 13.4. The third-order valence-corrected chi connectivity index (χ3v) is 8.08. The van der Waals surface area contributed by atoms with Crippen LogP contribution in [0.2, 0.25) is 0 Å². The van der Waals surface area contributed by atoms with Crippen LogP contribution < -0.4 is 10.4 Å². The Bertz CT molecular complexity index is 1200. The van der Waals surface area contributed by atoms with Gasteiger partial charge in [-0.15, -0.1) is 0 Å². The minimum Gasteiger partial charge on any atom is -0.494 e. The fourth-order valence-electron chi connectivity index (χ4n) is 5.71. The predicted molar refractivity (Wildman–Crippen MR) is 149 cm³/mol. The summed E-state index contributed by atoms with van der Waals surface area (Å²) >= 11 is 0. The third-order valence-electron chi connectivity index (χ3n) is 8.08. The minimum atomic E-state index is 0.0914. The number of fused-ring (bicyclic) bond motifs is 1. The Morgan fingerprint density at radius 1 is 1.17 bits per heavy atom. The zero-order valence-electron chi connectivity index (χ0n) is 23.0. The van der Waals surface area contributed by atoms with Crippen molar-refractivity contribution >= 4 is 11.3 Å². The number of likely N-dealkylation sites (N-methyl/N-ethyl adjacent to an activating group) is 1. The normalized spacial score (nSPS) is 23.3. The van der Waals surface area contributed by atoms with E-state index in [2.05, 4.69) is 95.1 Å². The lowest BCUT2D eigenvalue weighted by atomic mass is 9.78. The number of ether oxygens (including phenoxy) is 1. The first-order chi connectivity index (χ1) is 16.6. The van der Waals surface area contributed by atoms with Gasteiger partial charge in [0.1, 0.15) is 5.76 Å². The topological polar surface area (TPSA) is 15.7 Å². The number of piperazine rings is 1. The van der Waals surface area contributed by atoms with Gasteiger partial charge in [0.25, 0.3) is 0 Å². The monoisotopic (exact) mass is 472 g/mol. The van der Waals surface area contributed by atoms with Crippen LogP contribution in [-0.2, 0) is 4.74 Å². The summed E-state index contributed by atoms with van der Waals surface area (Å²) in [6.45, 7) is 23.8. The van der Waals surface area contributed by atoms with Crippen molar-refractivity contribution < 1.29 is 4.74 Å². The standard InChI is InChI=1S/C32H44N2O/c1-10-21(3)30-25(24-14-12-15-24)16-13-17-26(30)31-28-18-22(4)27(23(5)35-11-2)19-34(28)29(20-33(31)9)32(6,7)8/h13,16-19,24,29H,4-5,10-12,14-15,20H2,1-3,6-9H3/b30-21?,31-26-. The van der Waals surface area contributed by atoms with Crippen LogP contribution in [0.5, 0.6) is 0 Å². The SMILES string of the molecule is C=C1C=C2/C(=c3\cccc(C4CCC4)c3=C(C)CC)N(C)CC(C(C)(C)C)N2C=C1C(=C)OCC. The summed E-state index contributed by atoms with van der Waals surface area (Å²) in [5, 5.41) is 2.82. The Balaban J connectivity index is 2.01. The number of benzene rings is 1. The number of nitrogens with zero attached hydrogens (tertiary/aromatic N) is 2. The van der Waals surface area contributed by atoms with E-state index in [1.54, 1.807) is 0 Å². The summed E-state index contributed by atoms with van der Waals surface area (Å²) < 4.78 is 5.81. The van der Waals surface area contributed by atoms with Crippen LogP contribution in [0.25, 0.3) is 11.3 Å². The maximum atomic E-state index is 5.81. The highest BCUT2D eigenvalue weighted by Gasteiger charge is 2.40. The molecule has 0 bridgehead atoms. The molecule has 1 unspecified atom stereocenters. The smallest absolute Gasteiger partial charge is 0.121 e. The van der Waals surface area contributed by atoms with Crippen LogP contribution >= 0.6 is 0 Å². The van der Waals surface area contributed by atoms with Gasteiger partial charge in [-0.05, 0) is 66.9 Å². The van der Waals surface area contributed by atoms with E-state index in [0.29, 0.717) is 24.3 Å². The van der Waals surface area contributed by atoms with Gasteiger partial charge in [0, 0.05) is 30.6 Å². The summed E-state index contributed by atoms with van der Waals surface area (Å²) in [5.74, 6) is 1.39. The molecule has 3 heteroatoms. The Hall–Kier alpha value is -2.68. The molecular formula is C32H44N2O. The molecule has 35 heavy (non-hydrogen) atoms. The van der Waals surface area contributed by atoms with Crippen LogP contribution in [0.3, 0.4) is 0 Å². The largest absolute Gasteiger partial charge is 0.494 e. The third kappa shape index (κ3) is 4.62. The van der Waals surface area contributed by atoms with Gasteiger partial charge in [0.2, 0.25) is 0 Å². The molecule has 0 amide bonds. The van der Waals surface area contributed by atoms with Crippen molar-refractivity contribution in [2.45, 2.75) is 79.2 Å². The highest BCUT2D eigenvalue weighted by Crippen LogP contribution is 2.41. The van der Waals surface area contributed by atoms with Gasteiger partial charge >= 0.3 is 0 Å². The van der Waals surface area contributed by atoms with Gasteiger partial charge in [-0.1, -0.05) is 71.0 Å². The quantitative estimate of drug-likeness (QED) is 0.475. The zero-order valence-corrected chi connectivity index (χ0v) is 23.0. The Morgan fingerprint density at radius 3 is 2.46 bits per heavy atom. The highest BCUT2D eigenvalue weighted by molar-refractivity contribution is 5.70. The summed E-state index contributed by atoms with van der Waals surface area (Å²) in [4.78, 5) is 4.96. The lowest BCUT2D eigenvalue weighted by Crippen LogP contribution is -2.55. The molecule has 0 radical (unpaired) electrons. The second-order valence-electron chi connectivity index (χ2n) is 11.5. The Morgan fingerprint density at radius 2 is 1.89 bits per heavy atom. The fourth-order valence-corrected chi connectivity index (χ4v) is 5.71. The van der Waals surface area contributed by atoms with Crippen molar-refractivity contribution in [2.75, 3.05) is 20.2 Å². The van der Waals surface area contributed by atoms with Crippen LogP contribution in [0.4, 0.5) is 0 Å². The maximum Gasteiger partial charge on any atom is 0.121 e. The molecule has 0 spiro atoms. The first-order valence-electron chi connectivity index (χ1n) is 13.4. The number of hydrogen-bond acceptors (Lipinski definition) is 3. The Labute approximate surface area is 212 Å². The van der Waals surface area contributed by atoms with E-state index in [0.717, 1.165) is 24.1 Å². The first kappa shape index (κ1) is 25.4. The van der Waals surface area contributed by atoms with E-state index in [1.807, 2.05) is 6.92 Å². The average Bonchev–Trinajstić information content (AvgIpc) is 2.76. The van der Waals surface area contributed by atoms with E-state index in [-0.39, 0.29) is 5.41 Å². The van der Waals surface area contributed by atoms with Gasteiger partial charge in [-0.3, -0.25) is 0 Å². The van der Waals surface area contributed by atoms with Crippen molar-refractivity contribution in [1.29, 1.82) is 0 Å². The zero-order chi connectivity index (χ0) is 25.5. The molecule has 3 nitrogen and oxygen atoms in total. The molecule has 1 saturated carbocycles. The van der Waals surface area contributed by atoms with E-state index in [1.165, 1.54) is 52.2 Å². The fraction of sp³-hybridized carbons (Fsp3) is 0.500. The summed E-state index contributed by atoms with van der Waals surface area (Å²) in [6.07, 6.45) is 9.52. The van der Waals surface area contributed by atoms with E-state index in [9.17, 15) is 0 Å². The molecule has 2 fully saturated rings. The summed E-state index contributed by atoms with van der Waals surface area (Å²) in [5.41, 5.74) is 7.59. The molecule has 1 aliphatic carbocycles. The molecule has 1 aromatic rings. The number of hydrogen-bond donors (Lipinski definition) is 0. The van der Waals surface area contributed by atoms with Crippen molar-refractivity contribution in [3.8, 4) is 0 Å². The van der Waals surface area contributed by atoms with Crippen LogP contribution in [0, 0.1) is 5.41 Å². The van der Waals surface area contributed by atoms with Gasteiger partial charge < -0.3 is 14.5 Å². The molecule has 4 rings (SSSR count). The molecule has 3 aliphatic rings. The van der Waals surface area contributed by atoms with Crippen molar-refractivity contribution in [2.24, 2.45) is 5.41 Å². The van der Waals surface area contributed by atoms with Crippen LogP contribution in [0.1, 0.15) is 78.7 Å². The number of rotatable bonds is 5. The second kappa shape index (κ2) is 9.76. The van der Waals surface area contributed by atoms with Crippen molar-refractivity contribution in [3.05, 3.63) is 82.2 Å². The molecule has 2 aliphatic heterocycles. The molecular weight excluding hydrogens is 428 g/mol. The molecule has 1 atom stereocenters. The van der Waals surface area contributed by atoms with Crippen molar-refractivity contribution in [3.63, 3.8) is 0 Å². The molecule has 0 aromatic heterocycles. The maximum absolute atomic E-state index is 5.81. The summed E-state index contributed by atoms with van der Waals surface area (Å²) in [6, 6.07) is 7.29. The minimum absolute atomic E-state index is 0.0914. The van der Waals surface area contributed by atoms with Gasteiger partial charge in [-0.25, -0.2) is 0 Å². The lowest BCUT2D eigenvalue weighted by Gasteiger charge is -2.50. The molecule has 188 valence electrons. The molecule has 0 N–H and O–H groups in total. The predicted octanol–water partition coefficient (Wildman–Crippen LogP) is 6.19. The molecule has 1 aromatic carbocycles. The van der Waals surface area contributed by atoms with Gasteiger partial charge in [-0.2, -0.15) is 0 Å². The van der Waals surface area contributed by atoms with E-state index in [4.69, 9.17) is 4.74 Å². The van der Waals surface area contributed by atoms with Gasteiger partial charge in [0.05, 0.1) is 24.0 Å². The van der Waals surface area contributed by atoms with Crippen LogP contribution in [-0.4, -0.2) is 36.0 Å². The van der Waals surface area contributed by atoms with Gasteiger partial charge in [0.15, 0.2) is 0 Å². The lowest BCUT2D eigenvalue weighted by molar-refractivity contribution is 0.128. The second-order valence-corrected chi connectivity index (χ2v) is 11.5. The summed E-state index contributed by atoms with van der Waals surface area (Å²) in [7, 11) is 2.26. The molecule has 2 heterocycles. The van der Waals surface area contributed by atoms with E-state index < -0.39 is 0 Å². The molecule has 1 saturated heterocycles. The Kier molecular flexibility index (Phi) is 7.09. The number of allylic oxidation sites excluding steroid dienone is 2. The average molecular weight is 473 g/mol. The van der Waals surface area contributed by atoms with Crippen LogP contribution in [0.15, 0.2) is 66.2 Å². The van der Waals surface area contributed by atoms with E-state index >= 15 is 0 Å².